The maximum Gasteiger partial charge on any atom is 0.222 e. The van der Waals surface area contributed by atoms with Gasteiger partial charge in [-0.3, -0.25) is 9.79 Å². The first-order valence-electron chi connectivity index (χ1n) is 9.29. The van der Waals surface area contributed by atoms with Crippen molar-refractivity contribution in [2.75, 3.05) is 32.9 Å². The first-order valence-corrected chi connectivity index (χ1v) is 10.5. The third-order valence-corrected chi connectivity index (χ3v) is 6.05. The highest BCUT2D eigenvalue weighted by atomic mass is 32.2. The van der Waals surface area contributed by atoms with E-state index < -0.39 is 0 Å². The van der Waals surface area contributed by atoms with Crippen molar-refractivity contribution in [2.45, 2.75) is 44.4 Å². The Bertz CT molecular complexity index is 630. The van der Waals surface area contributed by atoms with Crippen LogP contribution in [0, 0.1) is 0 Å². The van der Waals surface area contributed by atoms with Gasteiger partial charge in [0, 0.05) is 44.4 Å². The lowest BCUT2D eigenvalue weighted by molar-refractivity contribution is -0.132. The molecule has 0 radical (unpaired) electrons. The number of aliphatic imine (C=N–C) groups is 1. The molecule has 0 aromatic heterocycles. The fourth-order valence-corrected chi connectivity index (χ4v) is 3.12. The average molecular weight is 377 g/mol. The molecule has 0 saturated carbocycles. The summed E-state index contributed by atoms with van der Waals surface area (Å²) in [6.07, 6.45) is 4.45. The Labute approximate surface area is 162 Å². The number of guanidine groups is 1. The minimum atomic E-state index is 0.165. The Hall–Kier alpha value is -1.69. The minimum Gasteiger partial charge on any atom is -0.356 e. The average Bonchev–Trinajstić information content (AvgIpc) is 2.66. The first kappa shape index (κ1) is 20.6. The van der Waals surface area contributed by atoms with Crippen molar-refractivity contribution in [1.29, 1.82) is 0 Å². The quantitative estimate of drug-likeness (QED) is 0.436. The number of amides is 1. The molecule has 1 aromatic rings. The van der Waals surface area contributed by atoms with Gasteiger partial charge in [0.15, 0.2) is 5.96 Å². The SMILES string of the molecule is CN=C(NCCCC(=O)N1CCc2ccccc2C1)NCC(C)(C)SC. The molecule has 0 bridgehead atoms. The Kier molecular flexibility index (Phi) is 7.82. The van der Waals surface area contributed by atoms with Gasteiger partial charge in [-0.05, 0) is 44.1 Å². The summed E-state index contributed by atoms with van der Waals surface area (Å²) >= 11 is 1.83. The second-order valence-corrected chi connectivity index (χ2v) is 8.77. The van der Waals surface area contributed by atoms with Gasteiger partial charge in [-0.15, -0.1) is 0 Å². The van der Waals surface area contributed by atoms with Crippen molar-refractivity contribution < 1.29 is 4.79 Å². The van der Waals surface area contributed by atoms with E-state index in [1.165, 1.54) is 11.1 Å². The predicted octanol–water partition coefficient (Wildman–Crippen LogP) is 2.66. The molecule has 1 aliphatic heterocycles. The summed E-state index contributed by atoms with van der Waals surface area (Å²) in [5, 5.41) is 6.64. The van der Waals surface area contributed by atoms with Crippen molar-refractivity contribution in [3.05, 3.63) is 35.4 Å². The lowest BCUT2D eigenvalue weighted by Gasteiger charge is -2.29. The molecule has 6 heteroatoms. The summed E-state index contributed by atoms with van der Waals surface area (Å²) < 4.78 is 0.165. The summed E-state index contributed by atoms with van der Waals surface area (Å²) in [4.78, 5) is 18.7. The van der Waals surface area contributed by atoms with Crippen LogP contribution in [0.4, 0.5) is 0 Å². The number of nitrogens with one attached hydrogen (secondary N) is 2. The van der Waals surface area contributed by atoms with E-state index in [0.29, 0.717) is 6.42 Å². The van der Waals surface area contributed by atoms with Crippen LogP contribution in [-0.2, 0) is 17.8 Å². The molecule has 2 rings (SSSR count). The standard InChI is InChI=1S/C20H32N4OS/c1-20(2,26-4)15-23-19(21-3)22-12-7-10-18(25)24-13-11-16-8-5-6-9-17(16)14-24/h5-6,8-9H,7,10-15H2,1-4H3,(H2,21,22,23). The second kappa shape index (κ2) is 9.86. The fraction of sp³-hybridized carbons (Fsp3) is 0.600. The van der Waals surface area contributed by atoms with Crippen LogP contribution in [0.3, 0.4) is 0 Å². The molecular formula is C20H32N4OS. The highest BCUT2D eigenvalue weighted by Crippen LogP contribution is 2.20. The number of fused-ring (bicyclic) bond motifs is 1. The number of thioether (sulfide) groups is 1. The smallest absolute Gasteiger partial charge is 0.222 e. The van der Waals surface area contributed by atoms with Crippen LogP contribution in [0.1, 0.15) is 37.8 Å². The maximum absolute atomic E-state index is 12.5. The van der Waals surface area contributed by atoms with E-state index in [1.54, 1.807) is 7.05 Å². The fourth-order valence-electron chi connectivity index (χ4n) is 2.90. The van der Waals surface area contributed by atoms with Crippen molar-refractivity contribution in [3.8, 4) is 0 Å². The van der Waals surface area contributed by atoms with Crippen LogP contribution < -0.4 is 10.6 Å². The Morgan fingerprint density at radius 1 is 1.27 bits per heavy atom. The number of hydrogen-bond donors (Lipinski definition) is 2. The lowest BCUT2D eigenvalue weighted by atomic mass is 9.99. The number of benzene rings is 1. The van der Waals surface area contributed by atoms with Crippen molar-refractivity contribution in [2.24, 2.45) is 4.99 Å². The molecule has 1 aliphatic rings. The molecule has 5 nitrogen and oxygen atoms in total. The number of carbonyl (C=O) groups is 1. The topological polar surface area (TPSA) is 56.7 Å². The van der Waals surface area contributed by atoms with Crippen LogP contribution in [0.15, 0.2) is 29.3 Å². The van der Waals surface area contributed by atoms with Gasteiger partial charge in [-0.2, -0.15) is 11.8 Å². The van der Waals surface area contributed by atoms with Crippen molar-refractivity contribution in [1.82, 2.24) is 15.5 Å². The van der Waals surface area contributed by atoms with Gasteiger partial charge in [-0.1, -0.05) is 24.3 Å². The third kappa shape index (κ3) is 6.24. The monoisotopic (exact) mass is 376 g/mol. The highest BCUT2D eigenvalue weighted by Gasteiger charge is 2.20. The zero-order valence-corrected chi connectivity index (χ0v) is 17.3. The number of carbonyl (C=O) groups excluding carboxylic acids is 1. The van der Waals surface area contributed by atoms with Crippen LogP contribution >= 0.6 is 11.8 Å². The summed E-state index contributed by atoms with van der Waals surface area (Å²) in [6.45, 7) is 7.57. The van der Waals surface area contributed by atoms with E-state index in [0.717, 1.165) is 45.0 Å². The molecule has 0 saturated heterocycles. The van der Waals surface area contributed by atoms with E-state index in [-0.39, 0.29) is 10.7 Å². The molecule has 144 valence electrons. The van der Waals surface area contributed by atoms with E-state index in [2.05, 4.69) is 53.9 Å². The first-order chi connectivity index (χ1) is 12.4. The van der Waals surface area contributed by atoms with Gasteiger partial charge < -0.3 is 15.5 Å². The van der Waals surface area contributed by atoms with Crippen LogP contribution in [0.2, 0.25) is 0 Å². The van der Waals surface area contributed by atoms with Gasteiger partial charge in [0.2, 0.25) is 5.91 Å². The molecule has 2 N–H and O–H groups in total. The van der Waals surface area contributed by atoms with Gasteiger partial charge >= 0.3 is 0 Å². The van der Waals surface area contributed by atoms with E-state index in [9.17, 15) is 4.79 Å². The summed E-state index contributed by atoms with van der Waals surface area (Å²) in [5.74, 6) is 1.04. The van der Waals surface area contributed by atoms with Crippen LogP contribution in [-0.4, -0.2) is 54.5 Å². The molecule has 26 heavy (non-hydrogen) atoms. The molecular weight excluding hydrogens is 344 g/mol. The van der Waals surface area contributed by atoms with Crippen LogP contribution in [0.25, 0.3) is 0 Å². The normalized spacial score (nSPS) is 14.8. The third-order valence-electron chi connectivity index (χ3n) is 4.80. The summed E-state index contributed by atoms with van der Waals surface area (Å²) in [5.41, 5.74) is 2.66. The van der Waals surface area contributed by atoms with E-state index in [4.69, 9.17) is 0 Å². The second-order valence-electron chi connectivity index (χ2n) is 7.25. The van der Waals surface area contributed by atoms with E-state index >= 15 is 0 Å². The van der Waals surface area contributed by atoms with Gasteiger partial charge in [-0.25, -0.2) is 0 Å². The predicted molar refractivity (Wildman–Crippen MR) is 112 cm³/mol. The van der Waals surface area contributed by atoms with Crippen LogP contribution in [0.5, 0.6) is 0 Å². The zero-order chi connectivity index (χ0) is 19.0. The molecule has 1 aromatic carbocycles. The zero-order valence-electron chi connectivity index (χ0n) is 16.5. The summed E-state index contributed by atoms with van der Waals surface area (Å²) in [6, 6.07) is 8.41. The Balaban J connectivity index is 1.68. The number of hydrogen-bond acceptors (Lipinski definition) is 3. The Morgan fingerprint density at radius 3 is 2.69 bits per heavy atom. The number of rotatable bonds is 7. The maximum atomic E-state index is 12.5. The van der Waals surface area contributed by atoms with Gasteiger partial charge in [0.25, 0.3) is 0 Å². The molecule has 1 amide bonds. The molecule has 0 aliphatic carbocycles. The molecule has 0 atom stereocenters. The largest absolute Gasteiger partial charge is 0.356 e. The van der Waals surface area contributed by atoms with Gasteiger partial charge in [0.05, 0.1) is 0 Å². The van der Waals surface area contributed by atoms with Crippen molar-refractivity contribution >= 4 is 23.6 Å². The molecule has 0 unspecified atom stereocenters. The summed E-state index contributed by atoms with van der Waals surface area (Å²) in [7, 11) is 1.78. The molecule has 0 fully saturated rings. The molecule has 1 heterocycles. The Morgan fingerprint density at radius 2 is 2.00 bits per heavy atom. The van der Waals surface area contributed by atoms with Crippen molar-refractivity contribution in [3.63, 3.8) is 0 Å². The highest BCUT2D eigenvalue weighted by molar-refractivity contribution is 7.99. The number of nitrogens with zero attached hydrogens (tertiary/aromatic N) is 2. The van der Waals surface area contributed by atoms with E-state index in [1.807, 2.05) is 22.7 Å². The molecule has 0 spiro atoms. The minimum absolute atomic E-state index is 0.165. The van der Waals surface area contributed by atoms with Gasteiger partial charge in [0.1, 0.15) is 0 Å². The lowest BCUT2D eigenvalue weighted by Crippen LogP contribution is -2.43.